The second-order valence-electron chi connectivity index (χ2n) is 2.48. The number of carboxylic acids is 3. The van der Waals surface area contributed by atoms with E-state index in [2.05, 4.69) is 0 Å². The molecule has 0 amide bonds. The van der Waals surface area contributed by atoms with E-state index in [1.165, 1.54) is 0 Å². The molecule has 0 rings (SSSR count). The van der Waals surface area contributed by atoms with Gasteiger partial charge in [-0.2, -0.15) is 0 Å². The largest absolute Gasteiger partial charge is 1.00 e. The number of aliphatic carboxylic acids is 3. The van der Waals surface area contributed by atoms with Crippen LogP contribution in [0.1, 0.15) is 15.7 Å². The number of aliphatic hydroxyl groups is 1. The molecule has 0 aromatic carbocycles. The molecule has 0 aliphatic carbocycles. The zero-order valence-electron chi connectivity index (χ0n) is 12.2. The minimum atomic E-state index is -2.74. The molecule has 94 valence electrons. The van der Waals surface area contributed by atoms with Gasteiger partial charge in [0, 0.05) is 0 Å². The number of carbonyl (C=O) groups is 3. The maximum Gasteiger partial charge on any atom is 1.00 e. The van der Waals surface area contributed by atoms with Gasteiger partial charge in [0.2, 0.25) is 0 Å². The van der Waals surface area contributed by atoms with Crippen molar-refractivity contribution >= 4 is 30.3 Å². The van der Waals surface area contributed by atoms with Crippen LogP contribution in [0.2, 0.25) is 0 Å². The fraction of sp³-hybridized carbons (Fsp3) is 0.500. The van der Waals surface area contributed by atoms with Crippen LogP contribution >= 0.6 is 12.4 Å². The number of carboxylic acid groups (broad SMARTS) is 3. The SMILES string of the molecule is Cl.O=C(O)CC(O)(CC(=O)O)C(=O)O.[Cl-].[H-].[H-].[K+].[K+].[Na+]. The molecule has 4 N–H and O–H groups in total. The zero-order valence-corrected chi connectivity index (χ0v) is 20.0. The van der Waals surface area contributed by atoms with E-state index in [1.807, 2.05) is 0 Å². The van der Waals surface area contributed by atoms with E-state index in [-0.39, 0.29) is 160 Å². The Morgan fingerprint density at radius 1 is 0.944 bits per heavy atom. The van der Waals surface area contributed by atoms with E-state index in [1.54, 1.807) is 0 Å². The maximum atomic E-state index is 10.3. The van der Waals surface area contributed by atoms with E-state index in [9.17, 15) is 14.4 Å². The molecule has 0 saturated heterocycles. The van der Waals surface area contributed by atoms with Crippen LogP contribution in [0.4, 0.5) is 0 Å². The standard InChI is InChI=1S/C6H8O7.2ClH.2K.Na.2H/c7-3(8)1-6(13,5(11)12)2-4(9)10;;;;;;;/h13H,1-2H2,(H,7,8)(H,9,10)(H,11,12);2*1H;;;;;/q;;;3*+1;2*-1/p-1. The van der Waals surface area contributed by atoms with Crippen molar-refractivity contribution in [2.75, 3.05) is 0 Å². The first-order valence-electron chi connectivity index (χ1n) is 3.17. The van der Waals surface area contributed by atoms with Crippen molar-refractivity contribution in [1.29, 1.82) is 0 Å². The maximum absolute atomic E-state index is 10.3. The van der Waals surface area contributed by atoms with Gasteiger partial charge in [-0.15, -0.1) is 12.4 Å². The summed E-state index contributed by atoms with van der Waals surface area (Å²) < 4.78 is 0. The average Bonchev–Trinajstić information content (AvgIpc) is 1.82. The molecule has 0 heterocycles. The average molecular weight is 367 g/mol. The van der Waals surface area contributed by atoms with Crippen LogP contribution in [0.15, 0.2) is 0 Å². The summed E-state index contributed by atoms with van der Waals surface area (Å²) in [6.45, 7) is 0. The van der Waals surface area contributed by atoms with Crippen LogP contribution in [-0.2, 0) is 14.4 Å². The van der Waals surface area contributed by atoms with Gasteiger partial charge >= 0.3 is 150 Å². The molecule has 0 spiro atoms. The van der Waals surface area contributed by atoms with Gasteiger partial charge in [-0.25, -0.2) is 4.79 Å². The van der Waals surface area contributed by atoms with E-state index >= 15 is 0 Å². The normalized spacial score (nSPS) is 7.83. The van der Waals surface area contributed by atoms with E-state index in [0.717, 1.165) is 0 Å². The molecule has 0 aliphatic rings. The molecular formula is C6H11Cl2K2NaO7. The predicted molar refractivity (Wildman–Crippen MR) is 46.6 cm³/mol. The molecule has 0 aliphatic heterocycles. The molecule has 0 atom stereocenters. The number of hydrogen-bond donors (Lipinski definition) is 4. The van der Waals surface area contributed by atoms with Crippen LogP contribution in [0, 0.1) is 0 Å². The minimum absolute atomic E-state index is 0. The summed E-state index contributed by atoms with van der Waals surface area (Å²) in [5.74, 6) is -5.02. The third-order valence-corrected chi connectivity index (χ3v) is 1.29. The van der Waals surface area contributed by atoms with Crippen LogP contribution in [-0.4, -0.2) is 43.9 Å². The molecule has 18 heavy (non-hydrogen) atoms. The summed E-state index contributed by atoms with van der Waals surface area (Å²) in [6.07, 6.45) is -2.29. The number of rotatable bonds is 5. The first-order chi connectivity index (χ1) is 5.78. The van der Waals surface area contributed by atoms with E-state index in [4.69, 9.17) is 20.4 Å². The molecule has 0 saturated carbocycles. The summed E-state index contributed by atoms with van der Waals surface area (Å²) in [6, 6.07) is 0. The van der Waals surface area contributed by atoms with Crippen molar-refractivity contribution in [3.8, 4) is 0 Å². The third kappa shape index (κ3) is 17.3. The van der Waals surface area contributed by atoms with Crippen molar-refractivity contribution in [2.24, 2.45) is 0 Å². The Morgan fingerprint density at radius 2 is 1.17 bits per heavy atom. The van der Waals surface area contributed by atoms with Crippen molar-refractivity contribution in [3.05, 3.63) is 0 Å². The summed E-state index contributed by atoms with van der Waals surface area (Å²) in [4.78, 5) is 30.5. The van der Waals surface area contributed by atoms with Gasteiger partial charge in [-0.3, -0.25) is 9.59 Å². The first-order valence-corrected chi connectivity index (χ1v) is 3.17. The Labute approximate surface area is 226 Å². The smallest absolute Gasteiger partial charge is 1.00 e. The number of halogens is 2. The van der Waals surface area contributed by atoms with Crippen molar-refractivity contribution < 1.29 is 182 Å². The molecule has 0 bridgehead atoms. The summed E-state index contributed by atoms with van der Waals surface area (Å²) in [7, 11) is 0. The second-order valence-corrected chi connectivity index (χ2v) is 2.48. The predicted octanol–water partition coefficient (Wildman–Crippen LogP) is -12.6. The Balaban J connectivity index is -0.0000000343. The number of hydrogen-bond acceptors (Lipinski definition) is 4. The fourth-order valence-corrected chi connectivity index (χ4v) is 0.714. The molecule has 0 radical (unpaired) electrons. The molecule has 0 aromatic rings. The van der Waals surface area contributed by atoms with Crippen molar-refractivity contribution in [3.63, 3.8) is 0 Å². The fourth-order valence-electron chi connectivity index (χ4n) is 0.714. The van der Waals surface area contributed by atoms with Crippen LogP contribution < -0.4 is 145 Å². The van der Waals surface area contributed by atoms with Gasteiger partial charge in [0.15, 0.2) is 5.60 Å². The van der Waals surface area contributed by atoms with Crippen LogP contribution in [0.5, 0.6) is 0 Å². The van der Waals surface area contributed by atoms with Gasteiger partial charge in [0.25, 0.3) is 0 Å². The van der Waals surface area contributed by atoms with Gasteiger partial charge < -0.3 is 35.7 Å². The topological polar surface area (TPSA) is 132 Å². The molecule has 0 aromatic heterocycles. The summed E-state index contributed by atoms with van der Waals surface area (Å²) >= 11 is 0. The second kappa shape index (κ2) is 18.3. The van der Waals surface area contributed by atoms with Gasteiger partial charge in [-0.05, 0) is 0 Å². The van der Waals surface area contributed by atoms with Gasteiger partial charge in [-0.1, -0.05) is 0 Å². The van der Waals surface area contributed by atoms with Gasteiger partial charge in [0.1, 0.15) is 0 Å². The molecule has 0 fully saturated rings. The van der Waals surface area contributed by atoms with E-state index < -0.39 is 36.4 Å². The van der Waals surface area contributed by atoms with Crippen molar-refractivity contribution in [1.82, 2.24) is 0 Å². The Kier molecular flexibility index (Phi) is 38.0. The van der Waals surface area contributed by atoms with Crippen LogP contribution in [0.3, 0.4) is 0 Å². The molecule has 12 heteroatoms. The Morgan fingerprint density at radius 3 is 1.28 bits per heavy atom. The third-order valence-electron chi connectivity index (χ3n) is 1.29. The molecular weight excluding hydrogens is 356 g/mol. The Hall–Kier alpha value is 3.22. The van der Waals surface area contributed by atoms with Crippen LogP contribution in [0.25, 0.3) is 0 Å². The molecule has 7 nitrogen and oxygen atoms in total. The quantitative estimate of drug-likeness (QED) is 0.355. The Bertz CT molecular complexity index is 260. The first kappa shape index (κ1) is 37.5. The monoisotopic (exact) mass is 366 g/mol. The molecule has 0 unspecified atom stereocenters. The zero-order chi connectivity index (χ0) is 10.6. The van der Waals surface area contributed by atoms with Gasteiger partial charge in [0.05, 0.1) is 12.8 Å². The summed E-state index contributed by atoms with van der Waals surface area (Å²) in [5.41, 5.74) is -2.74. The minimum Gasteiger partial charge on any atom is -1.00 e. The summed E-state index contributed by atoms with van der Waals surface area (Å²) in [5, 5.41) is 33.8. The van der Waals surface area contributed by atoms with E-state index in [0.29, 0.717) is 0 Å². The van der Waals surface area contributed by atoms with Crippen molar-refractivity contribution in [2.45, 2.75) is 18.4 Å².